The van der Waals surface area contributed by atoms with Crippen molar-refractivity contribution in [3.8, 4) is 5.75 Å². The number of carbonyl (C=O) groups is 2. The SMILES string of the molecule is C=C(C(=O)N1C[C@H]2[C@@H]3O[C@@](c4ccccc4)(c4ccccc43)[C@@]2(C(=O)O)C1)c1ccccc1OC. The Morgan fingerprint density at radius 1 is 1.03 bits per heavy atom. The summed E-state index contributed by atoms with van der Waals surface area (Å²) < 4.78 is 12.1. The van der Waals surface area contributed by atoms with Crippen molar-refractivity contribution < 1.29 is 24.2 Å². The van der Waals surface area contributed by atoms with E-state index in [1.165, 1.54) is 0 Å². The van der Waals surface area contributed by atoms with Crippen molar-refractivity contribution in [2.24, 2.45) is 11.3 Å². The van der Waals surface area contributed by atoms with E-state index in [1.807, 2.05) is 66.7 Å². The van der Waals surface area contributed by atoms with Gasteiger partial charge in [0.25, 0.3) is 5.91 Å². The first-order valence-electron chi connectivity index (χ1n) is 11.6. The number of carboxylic acid groups (broad SMARTS) is 1. The zero-order chi connectivity index (χ0) is 24.4. The molecule has 6 nitrogen and oxygen atoms in total. The van der Waals surface area contributed by atoms with E-state index < -0.39 is 29.0 Å². The van der Waals surface area contributed by atoms with Gasteiger partial charge in [-0.05, 0) is 22.8 Å². The number of amides is 1. The van der Waals surface area contributed by atoms with Crippen molar-refractivity contribution in [1.29, 1.82) is 0 Å². The lowest BCUT2D eigenvalue weighted by Crippen LogP contribution is -2.54. The number of hydrogen-bond donors (Lipinski definition) is 1. The Labute approximate surface area is 203 Å². The highest BCUT2D eigenvalue weighted by molar-refractivity contribution is 6.19. The number of fused-ring (bicyclic) bond motifs is 8. The van der Waals surface area contributed by atoms with Crippen LogP contribution in [0.2, 0.25) is 0 Å². The molecule has 0 radical (unpaired) electrons. The normalized spacial score (nSPS) is 27.9. The predicted molar refractivity (Wildman–Crippen MR) is 130 cm³/mol. The molecule has 6 rings (SSSR count). The van der Waals surface area contributed by atoms with Crippen LogP contribution in [0, 0.1) is 11.3 Å². The summed E-state index contributed by atoms with van der Waals surface area (Å²) in [6.07, 6.45) is -0.417. The first-order chi connectivity index (χ1) is 17.0. The average molecular weight is 468 g/mol. The number of likely N-dealkylation sites (tertiary alicyclic amines) is 1. The summed E-state index contributed by atoms with van der Waals surface area (Å²) in [5.41, 5.74) is 1.02. The number of aliphatic carboxylic acids is 1. The fourth-order valence-corrected chi connectivity index (χ4v) is 6.52. The van der Waals surface area contributed by atoms with E-state index in [4.69, 9.17) is 9.47 Å². The van der Waals surface area contributed by atoms with E-state index in [2.05, 4.69) is 6.58 Å². The molecule has 35 heavy (non-hydrogen) atoms. The first-order valence-corrected chi connectivity index (χ1v) is 11.6. The molecule has 3 aromatic carbocycles. The topological polar surface area (TPSA) is 76.1 Å². The Morgan fingerprint density at radius 3 is 2.46 bits per heavy atom. The third kappa shape index (κ3) is 2.63. The maximum Gasteiger partial charge on any atom is 0.315 e. The van der Waals surface area contributed by atoms with Gasteiger partial charge in [0.15, 0.2) is 0 Å². The summed E-state index contributed by atoms with van der Waals surface area (Å²) in [4.78, 5) is 28.6. The van der Waals surface area contributed by atoms with Crippen molar-refractivity contribution >= 4 is 17.4 Å². The summed E-state index contributed by atoms with van der Waals surface area (Å²) >= 11 is 0. The Balaban J connectivity index is 1.47. The highest BCUT2D eigenvalue weighted by atomic mass is 16.5. The minimum atomic E-state index is -1.33. The van der Waals surface area contributed by atoms with Gasteiger partial charge in [-0.2, -0.15) is 0 Å². The van der Waals surface area contributed by atoms with Crippen LogP contribution in [-0.4, -0.2) is 42.1 Å². The number of ether oxygens (including phenoxy) is 2. The predicted octanol–water partition coefficient (Wildman–Crippen LogP) is 4.27. The molecule has 176 valence electrons. The summed E-state index contributed by atoms with van der Waals surface area (Å²) in [5.74, 6) is -1.10. The van der Waals surface area contributed by atoms with E-state index in [0.717, 1.165) is 16.7 Å². The first kappa shape index (κ1) is 21.6. The molecule has 0 aliphatic carbocycles. The van der Waals surface area contributed by atoms with E-state index in [0.29, 0.717) is 11.3 Å². The number of methoxy groups -OCH3 is 1. The summed E-state index contributed by atoms with van der Waals surface area (Å²) in [5, 5.41) is 10.8. The maximum atomic E-state index is 13.7. The molecule has 0 unspecified atom stereocenters. The minimum Gasteiger partial charge on any atom is -0.496 e. The second kappa shape index (κ2) is 7.55. The average Bonchev–Trinajstić information content (AvgIpc) is 3.55. The molecule has 3 aliphatic heterocycles. The summed E-state index contributed by atoms with van der Waals surface area (Å²) in [6, 6.07) is 24.6. The smallest absolute Gasteiger partial charge is 0.315 e. The monoisotopic (exact) mass is 467 g/mol. The number of rotatable bonds is 5. The fourth-order valence-electron chi connectivity index (χ4n) is 6.52. The van der Waals surface area contributed by atoms with Crippen molar-refractivity contribution in [3.63, 3.8) is 0 Å². The van der Waals surface area contributed by atoms with Crippen LogP contribution >= 0.6 is 0 Å². The molecule has 2 bridgehead atoms. The van der Waals surface area contributed by atoms with Crippen molar-refractivity contribution in [2.75, 3.05) is 20.2 Å². The molecular formula is C29H25NO5. The second-order valence-corrected chi connectivity index (χ2v) is 9.42. The highest BCUT2D eigenvalue weighted by Crippen LogP contribution is 2.71. The van der Waals surface area contributed by atoms with Gasteiger partial charge in [-0.3, -0.25) is 9.59 Å². The van der Waals surface area contributed by atoms with E-state index in [-0.39, 0.29) is 24.6 Å². The van der Waals surface area contributed by atoms with Crippen molar-refractivity contribution in [3.05, 3.63) is 108 Å². The molecule has 1 N–H and O–H groups in total. The van der Waals surface area contributed by atoms with Gasteiger partial charge < -0.3 is 19.5 Å². The van der Waals surface area contributed by atoms with Gasteiger partial charge in [0.2, 0.25) is 0 Å². The molecule has 0 spiro atoms. The molecule has 3 aliphatic rings. The van der Waals surface area contributed by atoms with Crippen LogP contribution in [0.25, 0.3) is 5.57 Å². The molecule has 3 heterocycles. The second-order valence-electron chi connectivity index (χ2n) is 9.42. The van der Waals surface area contributed by atoms with E-state index >= 15 is 0 Å². The lowest BCUT2D eigenvalue weighted by atomic mass is 9.57. The van der Waals surface area contributed by atoms with Gasteiger partial charge in [0.05, 0.1) is 13.2 Å². The van der Waals surface area contributed by atoms with Crippen LogP contribution in [0.4, 0.5) is 0 Å². The fraction of sp³-hybridized carbons (Fsp3) is 0.241. The Morgan fingerprint density at radius 2 is 1.71 bits per heavy atom. The molecule has 0 saturated carbocycles. The maximum absolute atomic E-state index is 13.7. The van der Waals surface area contributed by atoms with Crippen LogP contribution < -0.4 is 4.74 Å². The van der Waals surface area contributed by atoms with Crippen LogP contribution in [0.15, 0.2) is 85.4 Å². The third-order valence-electron chi connectivity index (χ3n) is 7.97. The van der Waals surface area contributed by atoms with Crippen LogP contribution in [0.3, 0.4) is 0 Å². The van der Waals surface area contributed by atoms with Gasteiger partial charge in [-0.25, -0.2) is 0 Å². The number of nitrogens with zero attached hydrogens (tertiary/aromatic N) is 1. The van der Waals surface area contributed by atoms with Crippen LogP contribution in [0.5, 0.6) is 5.75 Å². The molecular weight excluding hydrogens is 442 g/mol. The minimum absolute atomic E-state index is 0.0275. The third-order valence-corrected chi connectivity index (χ3v) is 7.97. The Hall–Kier alpha value is -3.90. The van der Waals surface area contributed by atoms with Gasteiger partial charge in [0, 0.05) is 30.1 Å². The van der Waals surface area contributed by atoms with Crippen molar-refractivity contribution in [2.45, 2.75) is 11.7 Å². The molecule has 2 fully saturated rings. The molecule has 6 heteroatoms. The van der Waals surface area contributed by atoms with Gasteiger partial charge >= 0.3 is 5.97 Å². The van der Waals surface area contributed by atoms with Crippen LogP contribution in [0.1, 0.15) is 28.4 Å². The highest BCUT2D eigenvalue weighted by Gasteiger charge is 2.78. The quantitative estimate of drug-likeness (QED) is 0.568. The Kier molecular flexibility index (Phi) is 4.66. The molecule has 4 atom stereocenters. The number of carboxylic acids is 1. The zero-order valence-electron chi connectivity index (χ0n) is 19.3. The van der Waals surface area contributed by atoms with Gasteiger partial charge in [0.1, 0.15) is 16.8 Å². The van der Waals surface area contributed by atoms with Crippen molar-refractivity contribution in [1.82, 2.24) is 4.90 Å². The standard InChI is InChI=1S/C29H25NO5/c1-18(20-12-7-9-15-24(20)34-2)26(31)30-16-23-25-21-13-6-8-14-22(21)29(35-25,19-10-4-3-5-11-19)28(23,17-30)27(32)33/h3-15,23,25H,1,16-17H2,2H3,(H,32,33)/t23-,25+,28-,29-/m0/s1. The molecule has 2 saturated heterocycles. The van der Waals surface area contributed by atoms with Gasteiger partial charge in [-0.15, -0.1) is 0 Å². The number of benzene rings is 3. The molecule has 0 aromatic heterocycles. The van der Waals surface area contributed by atoms with E-state index in [9.17, 15) is 14.7 Å². The summed E-state index contributed by atoms with van der Waals surface area (Å²) in [6.45, 7) is 4.36. The number of hydrogen-bond acceptors (Lipinski definition) is 4. The number of para-hydroxylation sites is 1. The van der Waals surface area contributed by atoms with Gasteiger partial charge in [-0.1, -0.05) is 79.4 Å². The zero-order valence-corrected chi connectivity index (χ0v) is 19.3. The lowest BCUT2D eigenvalue weighted by molar-refractivity contribution is -0.159. The number of carbonyl (C=O) groups excluding carboxylic acids is 1. The largest absolute Gasteiger partial charge is 0.496 e. The summed E-state index contributed by atoms with van der Waals surface area (Å²) in [7, 11) is 1.55. The van der Waals surface area contributed by atoms with E-state index in [1.54, 1.807) is 24.1 Å². The molecule has 1 amide bonds. The van der Waals surface area contributed by atoms with Crippen LogP contribution in [-0.2, 0) is 19.9 Å². The molecule has 3 aromatic rings. The Bertz CT molecular complexity index is 1370. The lowest BCUT2D eigenvalue weighted by Gasteiger charge is -2.42.